The molecule has 0 saturated heterocycles. The van der Waals surface area contributed by atoms with Crippen molar-refractivity contribution in [2.24, 2.45) is 0 Å². The summed E-state index contributed by atoms with van der Waals surface area (Å²) < 4.78 is 56.6. The highest BCUT2D eigenvalue weighted by Gasteiger charge is 2.14. The maximum Gasteiger partial charge on any atom is 0.143 e. The molecule has 144 valence electrons. The largest absolute Gasteiger partial charge is 0.455 e. The molecule has 0 radical (unpaired) electrons. The Kier molecular flexibility index (Phi) is 2.38. The van der Waals surface area contributed by atoms with E-state index in [1.165, 1.54) is 0 Å². The smallest absolute Gasteiger partial charge is 0.143 e. The van der Waals surface area contributed by atoms with Crippen LogP contribution < -0.4 is 0 Å². The molecule has 7 aromatic rings. The van der Waals surface area contributed by atoms with Gasteiger partial charge >= 0.3 is 0 Å². The van der Waals surface area contributed by atoms with E-state index in [-0.39, 0.29) is 46.6 Å². The van der Waals surface area contributed by atoms with E-state index >= 15 is 0 Å². The zero-order chi connectivity index (χ0) is 25.6. The molecule has 0 aliphatic rings. The van der Waals surface area contributed by atoms with Crippen LogP contribution in [-0.2, 0) is 0 Å². The minimum atomic E-state index is -0.425. The second-order valence-electron chi connectivity index (χ2n) is 7.71. The van der Waals surface area contributed by atoms with Crippen LogP contribution in [0.15, 0.2) is 113 Å². The first-order valence-electron chi connectivity index (χ1n) is 13.1. The van der Waals surface area contributed by atoms with E-state index in [9.17, 15) is 0 Å². The molecule has 0 atom stereocenters. The van der Waals surface area contributed by atoms with E-state index in [1.807, 2.05) is 42.5 Å². The molecule has 1 heterocycles. The molecule has 1 heteroatoms. The molecule has 0 bridgehead atoms. The Bertz CT molecular complexity index is 2050. The fourth-order valence-corrected chi connectivity index (χ4v) is 4.58. The van der Waals surface area contributed by atoms with Gasteiger partial charge in [-0.15, -0.1) is 0 Å². The molecule has 7 rings (SSSR count). The van der Waals surface area contributed by atoms with Crippen LogP contribution in [0.25, 0.3) is 65.4 Å². The number of rotatable bonds is 1. The van der Waals surface area contributed by atoms with Crippen molar-refractivity contribution in [2.75, 3.05) is 0 Å². The number of hydrogen-bond acceptors (Lipinski definition) is 1. The fraction of sp³-hybridized carbons (Fsp3) is 0. The molecule has 0 unspecified atom stereocenters. The van der Waals surface area contributed by atoms with Gasteiger partial charge in [0.25, 0.3) is 0 Å². The van der Waals surface area contributed by atoms with Crippen LogP contribution in [-0.4, -0.2) is 0 Å². The zero-order valence-corrected chi connectivity index (χ0v) is 16.3. The molecular formula is C30H18O. The highest BCUT2D eigenvalue weighted by molar-refractivity contribution is 6.18. The van der Waals surface area contributed by atoms with Crippen molar-refractivity contribution in [3.05, 3.63) is 109 Å². The van der Waals surface area contributed by atoms with E-state index in [2.05, 4.69) is 30.3 Å². The predicted molar refractivity (Wildman–Crippen MR) is 132 cm³/mol. The van der Waals surface area contributed by atoms with Crippen LogP contribution in [0.3, 0.4) is 0 Å². The summed E-state index contributed by atoms with van der Waals surface area (Å²) >= 11 is 0. The number of furan rings is 1. The first-order chi connectivity index (χ1) is 17.9. The predicted octanol–water partition coefficient (Wildman–Crippen LogP) is 8.71. The van der Waals surface area contributed by atoms with Crippen molar-refractivity contribution in [1.29, 1.82) is 0 Å². The Labute approximate surface area is 187 Å². The van der Waals surface area contributed by atoms with Crippen LogP contribution in [0, 0.1) is 0 Å². The lowest BCUT2D eigenvalue weighted by atomic mass is 9.91. The van der Waals surface area contributed by atoms with Gasteiger partial charge in [0.1, 0.15) is 11.2 Å². The molecule has 0 aliphatic carbocycles. The van der Waals surface area contributed by atoms with Gasteiger partial charge in [0.15, 0.2) is 0 Å². The summed E-state index contributed by atoms with van der Waals surface area (Å²) in [4.78, 5) is 0. The van der Waals surface area contributed by atoms with Gasteiger partial charge in [-0.3, -0.25) is 0 Å². The van der Waals surface area contributed by atoms with Crippen LogP contribution in [0.4, 0.5) is 0 Å². The topological polar surface area (TPSA) is 13.1 Å². The van der Waals surface area contributed by atoms with Crippen LogP contribution in [0.5, 0.6) is 0 Å². The molecule has 0 aliphatic heterocycles. The lowest BCUT2D eigenvalue weighted by Crippen LogP contribution is -1.85. The van der Waals surface area contributed by atoms with Gasteiger partial charge < -0.3 is 4.42 Å². The molecule has 0 saturated carbocycles. The van der Waals surface area contributed by atoms with Crippen molar-refractivity contribution < 1.29 is 12.6 Å². The van der Waals surface area contributed by atoms with Gasteiger partial charge in [-0.25, -0.2) is 0 Å². The molecule has 0 amide bonds. The average Bonchev–Trinajstić information content (AvgIpc) is 3.30. The third kappa shape index (κ3) is 2.38. The first kappa shape index (κ1) is 11.9. The summed E-state index contributed by atoms with van der Waals surface area (Å²) in [5, 5.41) is 5.58. The second-order valence-corrected chi connectivity index (χ2v) is 7.71. The Balaban J connectivity index is 1.65. The molecule has 0 fully saturated rings. The summed E-state index contributed by atoms with van der Waals surface area (Å²) in [6.07, 6.45) is 0. The Morgan fingerprint density at radius 1 is 0.548 bits per heavy atom. The minimum Gasteiger partial charge on any atom is -0.455 e. The minimum absolute atomic E-state index is 0.00262. The fourth-order valence-electron chi connectivity index (χ4n) is 4.58. The summed E-state index contributed by atoms with van der Waals surface area (Å²) in [5.74, 6) is 0. The van der Waals surface area contributed by atoms with Gasteiger partial charge in [-0.05, 0) is 62.3 Å². The highest BCUT2D eigenvalue weighted by Crippen LogP contribution is 2.40. The third-order valence-electron chi connectivity index (χ3n) is 5.97. The van der Waals surface area contributed by atoms with Gasteiger partial charge in [0.2, 0.25) is 0 Å². The van der Waals surface area contributed by atoms with E-state index in [4.69, 9.17) is 12.6 Å². The summed E-state index contributed by atoms with van der Waals surface area (Å²) in [5.41, 5.74) is 2.70. The molecule has 1 nitrogen and oxygen atoms in total. The van der Waals surface area contributed by atoms with Crippen LogP contribution in [0.2, 0.25) is 0 Å². The maximum absolute atomic E-state index is 8.80. The quantitative estimate of drug-likeness (QED) is 0.251. The Hall–Kier alpha value is -4.10. The van der Waals surface area contributed by atoms with Crippen molar-refractivity contribution in [1.82, 2.24) is 0 Å². The van der Waals surface area contributed by atoms with E-state index in [1.54, 1.807) is 0 Å². The van der Waals surface area contributed by atoms with Crippen molar-refractivity contribution in [2.45, 2.75) is 0 Å². The van der Waals surface area contributed by atoms with E-state index in [0.717, 1.165) is 32.7 Å². The normalized spacial score (nSPS) is 14.6. The Morgan fingerprint density at radius 3 is 2.10 bits per heavy atom. The van der Waals surface area contributed by atoms with Crippen LogP contribution in [0.1, 0.15) is 8.22 Å². The average molecular weight is 401 g/mol. The van der Waals surface area contributed by atoms with E-state index in [0.29, 0.717) is 16.4 Å². The monoisotopic (exact) mass is 400 g/mol. The van der Waals surface area contributed by atoms with Crippen molar-refractivity contribution in [3.63, 3.8) is 0 Å². The van der Waals surface area contributed by atoms with Crippen LogP contribution >= 0.6 is 0 Å². The number of fused-ring (bicyclic) bond motifs is 7. The summed E-state index contributed by atoms with van der Waals surface area (Å²) in [6, 6.07) is 22.6. The molecule has 1 aromatic heterocycles. The summed E-state index contributed by atoms with van der Waals surface area (Å²) in [6.45, 7) is 0. The second kappa shape index (κ2) is 6.20. The zero-order valence-electron chi connectivity index (χ0n) is 22.3. The van der Waals surface area contributed by atoms with Gasteiger partial charge in [-0.2, -0.15) is 0 Å². The van der Waals surface area contributed by atoms with Crippen molar-refractivity contribution in [3.8, 4) is 11.1 Å². The lowest BCUT2D eigenvalue weighted by Gasteiger charge is -2.12. The number of hydrogen-bond donors (Lipinski definition) is 0. The van der Waals surface area contributed by atoms with Gasteiger partial charge in [0, 0.05) is 16.2 Å². The molecule has 31 heavy (non-hydrogen) atoms. The lowest BCUT2D eigenvalue weighted by molar-refractivity contribution is 0.672. The first-order valence-corrected chi connectivity index (χ1v) is 10.1. The molecule has 6 aromatic carbocycles. The van der Waals surface area contributed by atoms with E-state index < -0.39 is 6.04 Å². The standard InChI is InChI=1S/C30H18O/c1-6-12-25-19(7-1)13-15-26-27-18-22(14-16-28(27)31-30(25)26)29-23-10-4-2-8-20(23)17-21-9-3-5-11-24(21)29/h1-18H/i1D,6D,7D,12D,13D,15D. The maximum atomic E-state index is 8.80. The van der Waals surface area contributed by atoms with Crippen molar-refractivity contribution >= 4 is 54.3 Å². The summed E-state index contributed by atoms with van der Waals surface area (Å²) in [7, 11) is 0. The SMILES string of the molecule is [2H]c1c([2H])c([2H])c2c(c1[2H])c([2H])c([2H])c1c3cc(-c4c5ccccc5cc5ccccc45)ccc3oc21. The number of benzene rings is 6. The van der Waals surface area contributed by atoms with Gasteiger partial charge in [0.05, 0.1) is 8.22 Å². The Morgan fingerprint density at radius 2 is 1.29 bits per heavy atom. The molecular weight excluding hydrogens is 376 g/mol. The van der Waals surface area contributed by atoms with Gasteiger partial charge in [-0.1, -0.05) is 84.8 Å². The highest BCUT2D eigenvalue weighted by atomic mass is 16.3. The third-order valence-corrected chi connectivity index (χ3v) is 5.97. The molecule has 0 spiro atoms. The molecule has 0 N–H and O–H groups in total.